The Kier molecular flexibility index (Phi) is 5.88. The lowest BCUT2D eigenvalue weighted by atomic mass is 9.92. The molecule has 1 aliphatic rings. The molecule has 0 radical (unpaired) electrons. The Balaban J connectivity index is 2.16. The first kappa shape index (κ1) is 12.7. The molecule has 88 valence electrons. The fraction of sp³-hybridized carbons (Fsp3) is 0.917. The maximum Gasteiger partial charge on any atom is 0.134 e. The second-order valence-corrected chi connectivity index (χ2v) is 4.55. The molecule has 0 amide bonds. The molecule has 0 spiro atoms. The van der Waals surface area contributed by atoms with E-state index in [2.05, 4.69) is 6.92 Å². The van der Waals surface area contributed by atoms with Crippen molar-refractivity contribution in [1.82, 2.24) is 0 Å². The van der Waals surface area contributed by atoms with Crippen LogP contribution in [0.4, 0.5) is 0 Å². The van der Waals surface area contributed by atoms with Crippen LogP contribution in [0.1, 0.15) is 45.4 Å². The van der Waals surface area contributed by atoms with Crippen LogP contribution < -0.4 is 5.73 Å². The van der Waals surface area contributed by atoms with Crippen LogP contribution in [0.3, 0.4) is 0 Å². The lowest BCUT2D eigenvalue weighted by molar-refractivity contribution is -0.121. The summed E-state index contributed by atoms with van der Waals surface area (Å²) in [5, 5.41) is 0. The fourth-order valence-corrected chi connectivity index (χ4v) is 2.12. The van der Waals surface area contributed by atoms with Gasteiger partial charge in [0, 0.05) is 32.1 Å². The Bertz CT molecular complexity index is 188. The van der Waals surface area contributed by atoms with Crippen LogP contribution in [0, 0.1) is 5.92 Å². The molecule has 0 saturated carbocycles. The molecule has 1 fully saturated rings. The Morgan fingerprint density at radius 3 is 2.73 bits per heavy atom. The van der Waals surface area contributed by atoms with Crippen molar-refractivity contribution in [3.8, 4) is 0 Å². The van der Waals surface area contributed by atoms with E-state index < -0.39 is 0 Å². The van der Waals surface area contributed by atoms with Gasteiger partial charge in [0.2, 0.25) is 0 Å². The van der Waals surface area contributed by atoms with Crippen molar-refractivity contribution in [2.75, 3.05) is 13.2 Å². The Morgan fingerprint density at radius 1 is 1.47 bits per heavy atom. The van der Waals surface area contributed by atoms with E-state index in [9.17, 15) is 4.79 Å². The van der Waals surface area contributed by atoms with E-state index in [4.69, 9.17) is 10.5 Å². The molecular weight excluding hydrogens is 190 g/mol. The van der Waals surface area contributed by atoms with Gasteiger partial charge in [-0.05, 0) is 25.2 Å². The lowest BCUT2D eigenvalue weighted by Crippen LogP contribution is -2.26. The first-order valence-electron chi connectivity index (χ1n) is 6.07. The van der Waals surface area contributed by atoms with Crippen LogP contribution in [-0.2, 0) is 9.53 Å². The average molecular weight is 213 g/mol. The molecule has 1 heterocycles. The third-order valence-electron chi connectivity index (χ3n) is 3.01. The predicted molar refractivity (Wildman–Crippen MR) is 60.7 cm³/mol. The summed E-state index contributed by atoms with van der Waals surface area (Å²) in [6.07, 6.45) is 5.36. The van der Waals surface area contributed by atoms with Gasteiger partial charge in [0.05, 0.1) is 0 Å². The van der Waals surface area contributed by atoms with Crippen LogP contribution in [0.25, 0.3) is 0 Å². The average Bonchev–Trinajstić information content (AvgIpc) is 2.19. The monoisotopic (exact) mass is 213 g/mol. The summed E-state index contributed by atoms with van der Waals surface area (Å²) < 4.78 is 5.26. The van der Waals surface area contributed by atoms with E-state index in [1.165, 1.54) is 0 Å². The number of hydrogen-bond donors (Lipinski definition) is 1. The molecule has 15 heavy (non-hydrogen) atoms. The number of ether oxygens (including phenoxy) is 1. The third-order valence-corrected chi connectivity index (χ3v) is 3.01. The zero-order valence-corrected chi connectivity index (χ0v) is 9.71. The zero-order chi connectivity index (χ0) is 11.1. The van der Waals surface area contributed by atoms with Crippen LogP contribution >= 0.6 is 0 Å². The van der Waals surface area contributed by atoms with Gasteiger partial charge < -0.3 is 10.5 Å². The molecular formula is C12H23NO2. The van der Waals surface area contributed by atoms with Gasteiger partial charge in [0.25, 0.3) is 0 Å². The fourth-order valence-electron chi connectivity index (χ4n) is 2.12. The van der Waals surface area contributed by atoms with Crippen molar-refractivity contribution in [3.05, 3.63) is 0 Å². The quantitative estimate of drug-likeness (QED) is 0.733. The van der Waals surface area contributed by atoms with Gasteiger partial charge in [-0.1, -0.05) is 13.3 Å². The van der Waals surface area contributed by atoms with Gasteiger partial charge in [0.1, 0.15) is 5.78 Å². The van der Waals surface area contributed by atoms with Gasteiger partial charge in [-0.15, -0.1) is 0 Å². The lowest BCUT2D eigenvalue weighted by Gasteiger charge is -2.21. The van der Waals surface area contributed by atoms with Gasteiger partial charge in [-0.2, -0.15) is 0 Å². The number of carbonyl (C=O) groups is 1. The Labute approximate surface area is 92.4 Å². The normalized spacial score (nSPS) is 20.1. The largest absolute Gasteiger partial charge is 0.381 e. The van der Waals surface area contributed by atoms with E-state index in [1.807, 2.05) is 0 Å². The maximum absolute atomic E-state index is 11.7. The minimum atomic E-state index is 0.0716. The van der Waals surface area contributed by atoms with Gasteiger partial charge >= 0.3 is 0 Å². The van der Waals surface area contributed by atoms with E-state index in [1.54, 1.807) is 0 Å². The number of nitrogens with two attached hydrogens (primary N) is 1. The molecule has 0 aromatic rings. The number of carbonyl (C=O) groups excluding carboxylic acids is 1. The SMILES string of the molecule is CCCC(N)CC(=O)CC1CCOCC1. The molecule has 2 N–H and O–H groups in total. The molecule has 1 unspecified atom stereocenters. The molecule has 1 atom stereocenters. The second-order valence-electron chi connectivity index (χ2n) is 4.55. The number of ketones is 1. The summed E-state index contributed by atoms with van der Waals surface area (Å²) >= 11 is 0. The number of Topliss-reactive ketones (excluding diaryl/α,β-unsaturated/α-hetero) is 1. The molecule has 0 bridgehead atoms. The zero-order valence-electron chi connectivity index (χ0n) is 9.71. The molecule has 1 rings (SSSR count). The molecule has 0 aliphatic carbocycles. The molecule has 1 aliphatic heterocycles. The first-order valence-corrected chi connectivity index (χ1v) is 6.07. The first-order chi connectivity index (χ1) is 7.22. The van der Waals surface area contributed by atoms with Crippen LogP contribution in [0.15, 0.2) is 0 Å². The molecule has 3 heteroatoms. The summed E-state index contributed by atoms with van der Waals surface area (Å²) in [4.78, 5) is 11.7. The minimum Gasteiger partial charge on any atom is -0.381 e. The van der Waals surface area contributed by atoms with Crippen molar-refractivity contribution < 1.29 is 9.53 Å². The van der Waals surface area contributed by atoms with E-state index in [0.717, 1.165) is 38.9 Å². The summed E-state index contributed by atoms with van der Waals surface area (Å²) in [6.45, 7) is 3.74. The van der Waals surface area contributed by atoms with Gasteiger partial charge in [0.15, 0.2) is 0 Å². The van der Waals surface area contributed by atoms with Crippen molar-refractivity contribution in [2.45, 2.75) is 51.5 Å². The topological polar surface area (TPSA) is 52.3 Å². The minimum absolute atomic E-state index is 0.0716. The van der Waals surface area contributed by atoms with E-state index >= 15 is 0 Å². The highest BCUT2D eigenvalue weighted by atomic mass is 16.5. The van der Waals surface area contributed by atoms with Crippen molar-refractivity contribution in [1.29, 1.82) is 0 Å². The molecule has 1 saturated heterocycles. The number of hydrogen-bond acceptors (Lipinski definition) is 3. The van der Waals surface area contributed by atoms with Crippen LogP contribution in [-0.4, -0.2) is 25.0 Å². The van der Waals surface area contributed by atoms with Crippen molar-refractivity contribution in [3.63, 3.8) is 0 Å². The van der Waals surface area contributed by atoms with Crippen LogP contribution in [0.5, 0.6) is 0 Å². The highest BCUT2D eigenvalue weighted by Gasteiger charge is 2.18. The van der Waals surface area contributed by atoms with Gasteiger partial charge in [-0.25, -0.2) is 0 Å². The summed E-state index contributed by atoms with van der Waals surface area (Å²) in [7, 11) is 0. The summed E-state index contributed by atoms with van der Waals surface area (Å²) in [5.74, 6) is 0.878. The molecule has 0 aromatic carbocycles. The summed E-state index contributed by atoms with van der Waals surface area (Å²) in [6, 6.07) is 0.0716. The van der Waals surface area contributed by atoms with Crippen molar-refractivity contribution in [2.24, 2.45) is 11.7 Å². The standard InChI is InChI=1S/C12H23NO2/c1-2-3-11(13)9-12(14)8-10-4-6-15-7-5-10/h10-11H,2-9,13H2,1H3. The third kappa shape index (κ3) is 5.28. The molecule has 3 nitrogen and oxygen atoms in total. The Hall–Kier alpha value is -0.410. The second kappa shape index (κ2) is 6.96. The van der Waals surface area contributed by atoms with Crippen molar-refractivity contribution >= 4 is 5.78 Å². The highest BCUT2D eigenvalue weighted by molar-refractivity contribution is 5.79. The predicted octanol–water partition coefficient (Wildman–Crippen LogP) is 1.89. The smallest absolute Gasteiger partial charge is 0.134 e. The maximum atomic E-state index is 11.7. The number of rotatable bonds is 6. The van der Waals surface area contributed by atoms with Crippen LogP contribution in [0.2, 0.25) is 0 Å². The summed E-state index contributed by atoms with van der Waals surface area (Å²) in [5.41, 5.74) is 5.84. The van der Waals surface area contributed by atoms with E-state index in [0.29, 0.717) is 24.5 Å². The van der Waals surface area contributed by atoms with Gasteiger partial charge in [-0.3, -0.25) is 4.79 Å². The van der Waals surface area contributed by atoms with E-state index in [-0.39, 0.29) is 6.04 Å². The Morgan fingerprint density at radius 2 is 2.13 bits per heavy atom. The molecule has 0 aromatic heterocycles. The highest BCUT2D eigenvalue weighted by Crippen LogP contribution is 2.19.